The Bertz CT molecular complexity index is 377. The lowest BCUT2D eigenvalue weighted by atomic mass is 10.2. The van der Waals surface area contributed by atoms with Crippen molar-refractivity contribution in [1.29, 1.82) is 0 Å². The Hall–Kier alpha value is -1.71. The minimum absolute atomic E-state index is 0.107. The van der Waals surface area contributed by atoms with Crippen molar-refractivity contribution < 1.29 is 14.3 Å². The van der Waals surface area contributed by atoms with Gasteiger partial charge in [0.25, 0.3) is 0 Å². The second-order valence-electron chi connectivity index (χ2n) is 4.64. The monoisotopic (exact) mass is 251 g/mol. The van der Waals surface area contributed by atoms with Gasteiger partial charge in [-0.15, -0.1) is 0 Å². The summed E-state index contributed by atoms with van der Waals surface area (Å²) >= 11 is 0. The van der Waals surface area contributed by atoms with Crippen molar-refractivity contribution in [3.63, 3.8) is 0 Å². The van der Waals surface area contributed by atoms with Crippen LogP contribution in [-0.4, -0.2) is 30.2 Å². The Morgan fingerprint density at radius 1 is 1.00 bits per heavy atom. The third-order valence-electron chi connectivity index (χ3n) is 2.59. The molecule has 0 aliphatic rings. The van der Waals surface area contributed by atoms with Crippen LogP contribution in [0.25, 0.3) is 0 Å². The van der Waals surface area contributed by atoms with Gasteiger partial charge in [-0.3, -0.25) is 0 Å². The lowest BCUT2D eigenvalue weighted by molar-refractivity contribution is 0.122. The van der Waals surface area contributed by atoms with E-state index in [9.17, 15) is 4.79 Å². The van der Waals surface area contributed by atoms with Crippen molar-refractivity contribution in [2.24, 2.45) is 0 Å². The van der Waals surface area contributed by atoms with Gasteiger partial charge < -0.3 is 14.4 Å². The molecule has 0 radical (unpaired) electrons. The largest absolute Gasteiger partial charge is 0.497 e. The standard InChI is InChI=1S/C14H21NO3/c1-10(2)15(11(3)4)14(16)18-13-8-6-12(17-5)7-9-13/h6-11H,1-5H3. The third kappa shape index (κ3) is 3.65. The molecule has 1 rings (SSSR count). The number of benzene rings is 1. The van der Waals surface area contributed by atoms with Gasteiger partial charge in [0, 0.05) is 12.1 Å². The first-order valence-electron chi connectivity index (χ1n) is 6.10. The SMILES string of the molecule is COc1ccc(OC(=O)N(C(C)C)C(C)C)cc1. The second kappa shape index (κ2) is 6.28. The second-order valence-corrected chi connectivity index (χ2v) is 4.64. The Balaban J connectivity index is 2.73. The number of hydrogen-bond acceptors (Lipinski definition) is 3. The molecule has 4 heteroatoms. The number of rotatable bonds is 4. The van der Waals surface area contributed by atoms with Crippen LogP contribution in [0.4, 0.5) is 4.79 Å². The summed E-state index contributed by atoms with van der Waals surface area (Å²) in [6.07, 6.45) is -0.329. The van der Waals surface area contributed by atoms with Gasteiger partial charge >= 0.3 is 6.09 Å². The molecule has 0 fully saturated rings. The minimum Gasteiger partial charge on any atom is -0.497 e. The Morgan fingerprint density at radius 2 is 1.44 bits per heavy atom. The van der Waals surface area contributed by atoms with Crippen LogP contribution in [0, 0.1) is 0 Å². The zero-order valence-electron chi connectivity index (χ0n) is 11.6. The molecule has 4 nitrogen and oxygen atoms in total. The van der Waals surface area contributed by atoms with Gasteiger partial charge in [-0.2, -0.15) is 0 Å². The zero-order chi connectivity index (χ0) is 13.7. The predicted octanol–water partition coefficient (Wildman–Crippen LogP) is 3.31. The highest BCUT2D eigenvalue weighted by atomic mass is 16.6. The topological polar surface area (TPSA) is 38.8 Å². The molecule has 0 saturated carbocycles. The summed E-state index contributed by atoms with van der Waals surface area (Å²) in [5, 5.41) is 0. The van der Waals surface area contributed by atoms with E-state index in [0.717, 1.165) is 5.75 Å². The van der Waals surface area contributed by atoms with E-state index < -0.39 is 0 Å². The van der Waals surface area contributed by atoms with Crippen LogP contribution in [0.1, 0.15) is 27.7 Å². The van der Waals surface area contributed by atoms with Crippen LogP contribution in [0.3, 0.4) is 0 Å². The molecule has 1 aromatic rings. The van der Waals surface area contributed by atoms with Crippen LogP contribution in [0.5, 0.6) is 11.5 Å². The average Bonchev–Trinajstić information content (AvgIpc) is 2.28. The van der Waals surface area contributed by atoms with Crippen LogP contribution >= 0.6 is 0 Å². The molecule has 1 aromatic carbocycles. The molecule has 0 spiro atoms. The third-order valence-corrected chi connectivity index (χ3v) is 2.59. The summed E-state index contributed by atoms with van der Waals surface area (Å²) in [4.78, 5) is 13.7. The Kier molecular flexibility index (Phi) is 5.01. The molecule has 0 heterocycles. The summed E-state index contributed by atoms with van der Waals surface area (Å²) in [6.45, 7) is 7.87. The highest BCUT2D eigenvalue weighted by molar-refractivity contribution is 5.71. The summed E-state index contributed by atoms with van der Waals surface area (Å²) < 4.78 is 10.4. The normalized spacial score (nSPS) is 10.6. The van der Waals surface area contributed by atoms with Crippen molar-refractivity contribution in [3.05, 3.63) is 24.3 Å². The fourth-order valence-electron chi connectivity index (χ4n) is 1.82. The number of carbonyl (C=O) groups excluding carboxylic acids is 1. The van der Waals surface area contributed by atoms with Gasteiger partial charge in [-0.05, 0) is 52.0 Å². The van der Waals surface area contributed by atoms with Gasteiger partial charge in [0.05, 0.1) is 7.11 Å². The maximum Gasteiger partial charge on any atom is 0.415 e. The van der Waals surface area contributed by atoms with E-state index in [-0.39, 0.29) is 18.2 Å². The first kappa shape index (κ1) is 14.4. The average molecular weight is 251 g/mol. The van der Waals surface area contributed by atoms with Gasteiger partial charge in [0.1, 0.15) is 11.5 Å². The molecule has 0 aromatic heterocycles. The molecule has 100 valence electrons. The number of carbonyl (C=O) groups is 1. The number of ether oxygens (including phenoxy) is 2. The van der Waals surface area contributed by atoms with Crippen LogP contribution in [-0.2, 0) is 0 Å². The van der Waals surface area contributed by atoms with E-state index in [1.807, 2.05) is 27.7 Å². The molecule has 0 aliphatic heterocycles. The van der Waals surface area contributed by atoms with Gasteiger partial charge in [0.15, 0.2) is 0 Å². The van der Waals surface area contributed by atoms with Crippen molar-refractivity contribution in [3.8, 4) is 11.5 Å². The summed E-state index contributed by atoms with van der Waals surface area (Å²) in [5.74, 6) is 1.26. The first-order chi connectivity index (χ1) is 8.45. The minimum atomic E-state index is -0.329. The molecule has 0 bridgehead atoms. The van der Waals surface area contributed by atoms with Crippen molar-refractivity contribution in [1.82, 2.24) is 4.90 Å². The number of amides is 1. The van der Waals surface area contributed by atoms with E-state index in [0.29, 0.717) is 5.75 Å². The maximum absolute atomic E-state index is 12.0. The lowest BCUT2D eigenvalue weighted by Crippen LogP contribution is -2.43. The van der Waals surface area contributed by atoms with Gasteiger partial charge in [-0.1, -0.05) is 0 Å². The zero-order valence-corrected chi connectivity index (χ0v) is 11.6. The molecular formula is C14H21NO3. The highest BCUT2D eigenvalue weighted by Crippen LogP contribution is 2.18. The predicted molar refractivity (Wildman–Crippen MR) is 71.1 cm³/mol. The lowest BCUT2D eigenvalue weighted by Gasteiger charge is -2.29. The summed E-state index contributed by atoms with van der Waals surface area (Å²) in [7, 11) is 1.60. The van der Waals surface area contributed by atoms with Crippen LogP contribution in [0.2, 0.25) is 0 Å². The van der Waals surface area contributed by atoms with Gasteiger partial charge in [-0.25, -0.2) is 4.79 Å². The van der Waals surface area contributed by atoms with E-state index in [2.05, 4.69) is 0 Å². The van der Waals surface area contributed by atoms with Crippen molar-refractivity contribution >= 4 is 6.09 Å². The fraction of sp³-hybridized carbons (Fsp3) is 0.500. The highest BCUT2D eigenvalue weighted by Gasteiger charge is 2.21. The molecule has 0 aliphatic carbocycles. The number of hydrogen-bond donors (Lipinski definition) is 0. The molecule has 0 N–H and O–H groups in total. The van der Waals surface area contributed by atoms with E-state index >= 15 is 0 Å². The van der Waals surface area contributed by atoms with E-state index in [1.165, 1.54) is 0 Å². The maximum atomic E-state index is 12.0. The summed E-state index contributed by atoms with van der Waals surface area (Å²) in [6, 6.07) is 7.17. The molecule has 18 heavy (non-hydrogen) atoms. The Labute approximate surface area is 108 Å². The molecule has 0 atom stereocenters. The van der Waals surface area contributed by atoms with Gasteiger partial charge in [0.2, 0.25) is 0 Å². The number of nitrogens with zero attached hydrogens (tertiary/aromatic N) is 1. The van der Waals surface area contributed by atoms with Crippen LogP contribution < -0.4 is 9.47 Å². The van der Waals surface area contributed by atoms with Crippen LogP contribution in [0.15, 0.2) is 24.3 Å². The smallest absolute Gasteiger partial charge is 0.415 e. The molecule has 0 saturated heterocycles. The van der Waals surface area contributed by atoms with Crippen molar-refractivity contribution in [2.75, 3.05) is 7.11 Å². The fourth-order valence-corrected chi connectivity index (χ4v) is 1.82. The number of methoxy groups -OCH3 is 1. The van der Waals surface area contributed by atoms with E-state index in [4.69, 9.17) is 9.47 Å². The molecule has 0 unspecified atom stereocenters. The molecule has 1 amide bonds. The quantitative estimate of drug-likeness (QED) is 0.824. The molecular weight excluding hydrogens is 230 g/mol. The Morgan fingerprint density at radius 3 is 1.83 bits per heavy atom. The van der Waals surface area contributed by atoms with Crippen molar-refractivity contribution in [2.45, 2.75) is 39.8 Å². The van der Waals surface area contributed by atoms with E-state index in [1.54, 1.807) is 36.3 Å². The summed E-state index contributed by atoms with van der Waals surface area (Å²) in [5.41, 5.74) is 0. The first-order valence-corrected chi connectivity index (χ1v) is 6.10.